The molecule has 0 unspecified atom stereocenters. The lowest BCUT2D eigenvalue weighted by Gasteiger charge is -2.31. The molecule has 4 heterocycles. The van der Waals surface area contributed by atoms with Gasteiger partial charge in [-0.2, -0.15) is 0 Å². The highest BCUT2D eigenvalue weighted by Crippen LogP contribution is 2.33. The molecule has 5 rings (SSSR count). The van der Waals surface area contributed by atoms with Crippen molar-refractivity contribution in [3.63, 3.8) is 0 Å². The summed E-state index contributed by atoms with van der Waals surface area (Å²) in [6, 6.07) is 4.59. The van der Waals surface area contributed by atoms with Gasteiger partial charge in [-0.05, 0) is 57.8 Å². The number of carbonyl (C=O) groups is 1. The quantitative estimate of drug-likeness (QED) is 0.640. The molecule has 3 aromatic rings. The molecule has 8 heteroatoms. The van der Waals surface area contributed by atoms with Crippen molar-refractivity contribution in [2.24, 2.45) is 0 Å². The first-order chi connectivity index (χ1) is 15.0. The molecule has 0 atom stereocenters. The normalized spacial score (nSPS) is 17.9. The number of aryl methyl sites for hydroxylation is 1. The summed E-state index contributed by atoms with van der Waals surface area (Å²) < 4.78 is 20.5. The number of halogens is 1. The molecule has 0 bridgehead atoms. The van der Waals surface area contributed by atoms with Crippen molar-refractivity contribution in [3.05, 3.63) is 57.2 Å². The number of likely N-dealkylation sites (tertiary alicyclic amines) is 1. The van der Waals surface area contributed by atoms with Crippen molar-refractivity contribution in [1.82, 2.24) is 19.6 Å². The van der Waals surface area contributed by atoms with Gasteiger partial charge in [0.05, 0.1) is 0 Å². The minimum absolute atomic E-state index is 0.0391. The highest BCUT2D eigenvalue weighted by Gasteiger charge is 2.27. The van der Waals surface area contributed by atoms with E-state index in [-0.39, 0.29) is 23.1 Å². The summed E-state index contributed by atoms with van der Waals surface area (Å²) in [5, 5.41) is 4.90. The molecule has 2 aliphatic heterocycles. The Labute approximate surface area is 178 Å². The van der Waals surface area contributed by atoms with Crippen LogP contribution in [0.25, 0.3) is 10.9 Å². The lowest BCUT2D eigenvalue weighted by Crippen LogP contribution is -2.38. The molecule has 162 valence electrons. The van der Waals surface area contributed by atoms with E-state index in [1.165, 1.54) is 12.1 Å². The average molecular weight is 424 g/mol. The number of benzene rings is 1. The summed E-state index contributed by atoms with van der Waals surface area (Å²) in [5.74, 6) is 1.07. The Kier molecular flexibility index (Phi) is 5.17. The number of Topliss-reactive ketones (excluding diaryl/α,β-unsaturated/α-hetero) is 1. The number of fused-ring (bicyclic) bond motifs is 2. The van der Waals surface area contributed by atoms with Gasteiger partial charge < -0.3 is 9.42 Å². The Bertz CT molecular complexity index is 1210. The molecule has 0 radical (unpaired) electrons. The summed E-state index contributed by atoms with van der Waals surface area (Å²) >= 11 is 0. The number of ketones is 1. The predicted octanol–water partition coefficient (Wildman–Crippen LogP) is 3.23. The van der Waals surface area contributed by atoms with Gasteiger partial charge in [0.2, 0.25) is 0 Å². The van der Waals surface area contributed by atoms with E-state index < -0.39 is 0 Å². The summed E-state index contributed by atoms with van der Waals surface area (Å²) in [5.41, 5.74) is 1.88. The maximum atomic E-state index is 13.4. The molecule has 1 fully saturated rings. The molecule has 0 aliphatic carbocycles. The van der Waals surface area contributed by atoms with Crippen molar-refractivity contribution < 1.29 is 13.7 Å². The van der Waals surface area contributed by atoms with E-state index in [0.717, 1.165) is 43.6 Å². The van der Waals surface area contributed by atoms with Gasteiger partial charge >= 0.3 is 0 Å². The molecule has 2 aromatic heterocycles. The fourth-order valence-corrected chi connectivity index (χ4v) is 4.84. The predicted molar refractivity (Wildman–Crippen MR) is 113 cm³/mol. The first kappa shape index (κ1) is 20.1. The van der Waals surface area contributed by atoms with E-state index in [2.05, 4.69) is 15.0 Å². The van der Waals surface area contributed by atoms with Crippen LogP contribution in [-0.2, 0) is 13.0 Å². The summed E-state index contributed by atoms with van der Waals surface area (Å²) in [6.45, 7) is 4.96. The summed E-state index contributed by atoms with van der Waals surface area (Å²) in [7, 11) is 0. The van der Waals surface area contributed by atoms with Gasteiger partial charge in [-0.15, -0.1) is 0 Å². The van der Waals surface area contributed by atoms with Crippen LogP contribution >= 0.6 is 0 Å². The third-order valence-electron chi connectivity index (χ3n) is 6.61. The fraction of sp³-hybridized carbons (Fsp3) is 0.478. The van der Waals surface area contributed by atoms with Crippen LogP contribution in [0.4, 0.5) is 4.39 Å². The molecule has 0 spiro atoms. The Balaban J connectivity index is 1.24. The SMILES string of the molecule is Cc1nc2n(c(=O)c1CCN1CCC(c3onc4cc(F)ccc34)CC1)CCCC2=O. The summed E-state index contributed by atoms with van der Waals surface area (Å²) in [6.07, 6.45) is 3.65. The lowest BCUT2D eigenvalue weighted by atomic mass is 9.92. The zero-order valence-electron chi connectivity index (χ0n) is 17.6. The molecule has 0 N–H and O–H groups in total. The second-order valence-corrected chi connectivity index (χ2v) is 8.56. The first-order valence-corrected chi connectivity index (χ1v) is 10.9. The largest absolute Gasteiger partial charge is 0.360 e. The second kappa shape index (κ2) is 8.00. The highest BCUT2D eigenvalue weighted by molar-refractivity contribution is 5.93. The van der Waals surface area contributed by atoms with E-state index in [1.807, 2.05) is 6.92 Å². The van der Waals surface area contributed by atoms with Crippen molar-refractivity contribution in [2.45, 2.75) is 51.5 Å². The van der Waals surface area contributed by atoms with Gasteiger partial charge in [0, 0.05) is 48.1 Å². The number of carbonyl (C=O) groups excluding carboxylic acids is 1. The topological polar surface area (TPSA) is 81.2 Å². The van der Waals surface area contributed by atoms with Gasteiger partial charge in [0.1, 0.15) is 17.1 Å². The molecule has 1 saturated heterocycles. The molecular formula is C23H25FN4O3. The molecule has 2 aliphatic rings. The Hall–Kier alpha value is -2.87. The van der Waals surface area contributed by atoms with Crippen molar-refractivity contribution in [2.75, 3.05) is 19.6 Å². The Morgan fingerprint density at radius 3 is 2.81 bits per heavy atom. The van der Waals surface area contributed by atoms with Gasteiger partial charge in [-0.1, -0.05) is 5.16 Å². The molecule has 0 saturated carbocycles. The van der Waals surface area contributed by atoms with Crippen molar-refractivity contribution in [3.8, 4) is 0 Å². The van der Waals surface area contributed by atoms with Crippen LogP contribution in [0, 0.1) is 12.7 Å². The van der Waals surface area contributed by atoms with E-state index in [0.29, 0.717) is 48.4 Å². The monoisotopic (exact) mass is 424 g/mol. The zero-order chi connectivity index (χ0) is 21.5. The van der Waals surface area contributed by atoms with Gasteiger partial charge in [0.15, 0.2) is 11.6 Å². The molecule has 31 heavy (non-hydrogen) atoms. The number of aromatic nitrogens is 3. The van der Waals surface area contributed by atoms with Crippen LogP contribution in [0.3, 0.4) is 0 Å². The molecule has 0 amide bonds. The van der Waals surface area contributed by atoms with E-state index in [4.69, 9.17) is 4.52 Å². The van der Waals surface area contributed by atoms with Crippen LogP contribution in [0.2, 0.25) is 0 Å². The van der Waals surface area contributed by atoms with Crippen LogP contribution in [0.5, 0.6) is 0 Å². The minimum atomic E-state index is -0.311. The van der Waals surface area contributed by atoms with Gasteiger partial charge in [-0.25, -0.2) is 9.37 Å². The van der Waals surface area contributed by atoms with Crippen molar-refractivity contribution in [1.29, 1.82) is 0 Å². The zero-order valence-corrected chi connectivity index (χ0v) is 17.6. The lowest BCUT2D eigenvalue weighted by molar-refractivity contribution is 0.0945. The van der Waals surface area contributed by atoms with Crippen LogP contribution in [0.15, 0.2) is 27.5 Å². The number of piperidine rings is 1. The van der Waals surface area contributed by atoms with E-state index in [9.17, 15) is 14.0 Å². The Morgan fingerprint density at radius 1 is 1.19 bits per heavy atom. The standard InChI is InChI=1S/C23H25FN4O3/c1-14-17(23(30)28-9-2-3-20(29)22(28)25-14)8-12-27-10-6-15(7-11-27)21-18-5-4-16(24)13-19(18)26-31-21/h4-5,13,15H,2-3,6-12H2,1H3. The van der Waals surface area contributed by atoms with Gasteiger partial charge in [0.25, 0.3) is 5.56 Å². The summed E-state index contributed by atoms with van der Waals surface area (Å²) in [4.78, 5) is 31.8. The highest BCUT2D eigenvalue weighted by atomic mass is 19.1. The number of rotatable bonds is 4. The van der Waals surface area contributed by atoms with E-state index in [1.54, 1.807) is 10.6 Å². The maximum absolute atomic E-state index is 13.4. The van der Waals surface area contributed by atoms with Crippen LogP contribution in [0.1, 0.15) is 59.2 Å². The third-order valence-corrected chi connectivity index (χ3v) is 6.61. The maximum Gasteiger partial charge on any atom is 0.257 e. The third kappa shape index (κ3) is 3.69. The van der Waals surface area contributed by atoms with Crippen molar-refractivity contribution >= 4 is 16.7 Å². The number of hydrogen-bond donors (Lipinski definition) is 0. The molecule has 1 aromatic carbocycles. The minimum Gasteiger partial charge on any atom is -0.360 e. The molecule has 7 nitrogen and oxygen atoms in total. The number of nitrogens with zero attached hydrogens (tertiary/aromatic N) is 4. The first-order valence-electron chi connectivity index (χ1n) is 10.9. The van der Waals surface area contributed by atoms with E-state index >= 15 is 0 Å². The average Bonchev–Trinajstić information content (AvgIpc) is 3.18. The van der Waals surface area contributed by atoms with Crippen LogP contribution < -0.4 is 5.56 Å². The Morgan fingerprint density at radius 2 is 2.00 bits per heavy atom. The fourth-order valence-electron chi connectivity index (χ4n) is 4.84. The van der Waals surface area contributed by atoms with Crippen LogP contribution in [-0.4, -0.2) is 45.0 Å². The molecular weight excluding hydrogens is 399 g/mol. The second-order valence-electron chi connectivity index (χ2n) is 8.56. The smallest absolute Gasteiger partial charge is 0.257 e. The number of hydrogen-bond acceptors (Lipinski definition) is 6. The van der Waals surface area contributed by atoms with Gasteiger partial charge in [-0.3, -0.25) is 14.2 Å².